The van der Waals surface area contributed by atoms with Gasteiger partial charge in [-0.15, -0.1) is 0 Å². The molecule has 0 saturated carbocycles. The van der Waals surface area contributed by atoms with Gasteiger partial charge in [-0.2, -0.15) is 0 Å². The van der Waals surface area contributed by atoms with E-state index in [0.717, 1.165) is 0 Å². The van der Waals surface area contributed by atoms with Crippen LogP contribution in [0.5, 0.6) is 0 Å². The summed E-state index contributed by atoms with van der Waals surface area (Å²) in [5, 5.41) is 0. The van der Waals surface area contributed by atoms with Crippen LogP contribution in [-0.2, 0) is 25.6 Å². The molecule has 0 radical (unpaired) electrons. The summed E-state index contributed by atoms with van der Waals surface area (Å²) >= 11 is 0. The summed E-state index contributed by atoms with van der Waals surface area (Å²) in [5.41, 5.74) is 0.704. The van der Waals surface area contributed by atoms with Crippen molar-refractivity contribution in [1.82, 2.24) is 4.31 Å². The molecule has 1 atom stereocenters. The second-order valence-corrected chi connectivity index (χ2v) is 9.07. The summed E-state index contributed by atoms with van der Waals surface area (Å²) < 4.78 is 48.5. The third-order valence-electron chi connectivity index (χ3n) is 3.35. The Hall–Kier alpha value is -0.920. The summed E-state index contributed by atoms with van der Waals surface area (Å²) in [6.07, 6.45) is 0.382. The highest BCUT2D eigenvalue weighted by Crippen LogP contribution is 2.21. The molecule has 5 nitrogen and oxygen atoms in total. The lowest BCUT2D eigenvalue weighted by Crippen LogP contribution is -2.38. The van der Waals surface area contributed by atoms with Gasteiger partial charge in [0.25, 0.3) is 0 Å². The Morgan fingerprint density at radius 1 is 1.26 bits per heavy atom. The second-order valence-electron chi connectivity index (χ2n) is 4.81. The molecule has 0 amide bonds. The lowest BCUT2D eigenvalue weighted by atomic mass is 10.2. The molecule has 0 aliphatic carbocycles. The standard InChI is InChI=1S/C12H17NO4S2/c1-13(12-7-8-18(14,15)10-12)19(16,17)9-11-5-3-2-4-6-11/h2-6,12H,7-10H2,1H3/t12-/m0/s1. The van der Waals surface area contributed by atoms with Crippen molar-refractivity contribution in [1.29, 1.82) is 0 Å². The highest BCUT2D eigenvalue weighted by molar-refractivity contribution is 7.92. The van der Waals surface area contributed by atoms with E-state index < -0.39 is 25.9 Å². The molecule has 106 valence electrons. The smallest absolute Gasteiger partial charge is 0.218 e. The van der Waals surface area contributed by atoms with Crippen LogP contribution >= 0.6 is 0 Å². The summed E-state index contributed by atoms with van der Waals surface area (Å²) in [4.78, 5) is 0. The van der Waals surface area contributed by atoms with Gasteiger partial charge in [0, 0.05) is 13.1 Å². The number of benzene rings is 1. The van der Waals surface area contributed by atoms with Gasteiger partial charge in [-0.25, -0.2) is 21.1 Å². The number of sulfonamides is 1. The fraction of sp³-hybridized carbons (Fsp3) is 0.500. The van der Waals surface area contributed by atoms with E-state index >= 15 is 0 Å². The lowest BCUT2D eigenvalue weighted by Gasteiger charge is -2.22. The van der Waals surface area contributed by atoms with Crippen LogP contribution in [0.4, 0.5) is 0 Å². The van der Waals surface area contributed by atoms with Crippen molar-refractivity contribution in [3.63, 3.8) is 0 Å². The molecule has 0 unspecified atom stereocenters. The van der Waals surface area contributed by atoms with Crippen LogP contribution in [0, 0.1) is 0 Å². The van der Waals surface area contributed by atoms with Crippen molar-refractivity contribution in [3.05, 3.63) is 35.9 Å². The van der Waals surface area contributed by atoms with Gasteiger partial charge >= 0.3 is 0 Å². The van der Waals surface area contributed by atoms with Gasteiger partial charge in [-0.05, 0) is 12.0 Å². The van der Waals surface area contributed by atoms with E-state index in [2.05, 4.69) is 0 Å². The van der Waals surface area contributed by atoms with Gasteiger partial charge in [-0.1, -0.05) is 30.3 Å². The summed E-state index contributed by atoms with van der Waals surface area (Å²) in [5.74, 6) is -0.0960. The molecule has 7 heteroatoms. The van der Waals surface area contributed by atoms with E-state index in [1.807, 2.05) is 6.07 Å². The average Bonchev–Trinajstić information content (AvgIpc) is 2.69. The van der Waals surface area contributed by atoms with E-state index in [0.29, 0.717) is 12.0 Å². The third-order valence-corrected chi connectivity index (χ3v) is 6.98. The van der Waals surface area contributed by atoms with Crippen LogP contribution in [-0.4, -0.2) is 45.7 Å². The van der Waals surface area contributed by atoms with E-state index in [4.69, 9.17) is 0 Å². The van der Waals surface area contributed by atoms with E-state index in [1.165, 1.54) is 11.4 Å². The maximum absolute atomic E-state index is 12.2. The monoisotopic (exact) mass is 303 g/mol. The molecule has 0 bridgehead atoms. The predicted octanol–water partition coefficient (Wildman–Crippen LogP) is 0.635. The zero-order chi connectivity index (χ0) is 14.1. The van der Waals surface area contributed by atoms with Crippen LogP contribution in [0.3, 0.4) is 0 Å². The van der Waals surface area contributed by atoms with Crippen molar-refractivity contribution in [2.45, 2.75) is 18.2 Å². The highest BCUT2D eigenvalue weighted by atomic mass is 32.2. The first-order valence-electron chi connectivity index (χ1n) is 6.00. The minimum atomic E-state index is -3.48. The molecule has 1 aliphatic heterocycles. The van der Waals surface area contributed by atoms with Crippen molar-refractivity contribution in [2.75, 3.05) is 18.6 Å². The Bertz CT molecular complexity index is 638. The van der Waals surface area contributed by atoms with Gasteiger partial charge in [0.15, 0.2) is 9.84 Å². The fourth-order valence-electron chi connectivity index (χ4n) is 2.18. The quantitative estimate of drug-likeness (QED) is 0.818. The molecular weight excluding hydrogens is 286 g/mol. The average molecular weight is 303 g/mol. The highest BCUT2D eigenvalue weighted by Gasteiger charge is 2.35. The zero-order valence-corrected chi connectivity index (χ0v) is 12.3. The Morgan fingerprint density at radius 3 is 2.42 bits per heavy atom. The molecule has 0 aromatic heterocycles. The molecule has 1 saturated heterocycles. The lowest BCUT2D eigenvalue weighted by molar-refractivity contribution is 0.393. The fourth-order valence-corrected chi connectivity index (χ4v) is 5.50. The number of rotatable bonds is 4. The van der Waals surface area contributed by atoms with Gasteiger partial charge in [0.2, 0.25) is 10.0 Å². The first kappa shape index (κ1) is 14.5. The molecule has 1 heterocycles. The molecule has 0 spiro atoms. The van der Waals surface area contributed by atoms with Crippen LogP contribution in [0.1, 0.15) is 12.0 Å². The Kier molecular flexibility index (Phi) is 3.98. The largest absolute Gasteiger partial charge is 0.229 e. The zero-order valence-electron chi connectivity index (χ0n) is 10.7. The van der Waals surface area contributed by atoms with Gasteiger partial charge in [0.1, 0.15) is 0 Å². The van der Waals surface area contributed by atoms with Crippen molar-refractivity contribution in [2.24, 2.45) is 0 Å². The van der Waals surface area contributed by atoms with Crippen molar-refractivity contribution < 1.29 is 16.8 Å². The Labute approximate surface area is 114 Å². The summed E-state index contributed by atoms with van der Waals surface area (Å²) in [6.45, 7) is 0. The minimum Gasteiger partial charge on any atom is -0.229 e. The molecule has 0 N–H and O–H groups in total. The van der Waals surface area contributed by atoms with E-state index in [9.17, 15) is 16.8 Å². The normalized spacial score (nSPS) is 22.7. The Morgan fingerprint density at radius 2 is 1.89 bits per heavy atom. The van der Waals surface area contributed by atoms with E-state index in [1.54, 1.807) is 24.3 Å². The number of nitrogens with zero attached hydrogens (tertiary/aromatic N) is 1. The first-order chi connectivity index (χ1) is 8.80. The molecule has 2 rings (SSSR count). The van der Waals surface area contributed by atoms with Crippen LogP contribution in [0.2, 0.25) is 0 Å². The van der Waals surface area contributed by atoms with E-state index in [-0.39, 0.29) is 17.3 Å². The van der Waals surface area contributed by atoms with Crippen LogP contribution < -0.4 is 0 Å². The second kappa shape index (κ2) is 5.22. The number of hydrogen-bond donors (Lipinski definition) is 0. The topological polar surface area (TPSA) is 71.5 Å². The summed E-state index contributed by atoms with van der Waals surface area (Å²) in [6, 6.07) is 8.45. The van der Waals surface area contributed by atoms with Gasteiger partial charge in [-0.3, -0.25) is 0 Å². The maximum Gasteiger partial charge on any atom is 0.218 e. The number of sulfone groups is 1. The molecule has 1 fully saturated rings. The number of hydrogen-bond acceptors (Lipinski definition) is 4. The molecule has 19 heavy (non-hydrogen) atoms. The van der Waals surface area contributed by atoms with Crippen molar-refractivity contribution >= 4 is 19.9 Å². The molecule has 1 aromatic carbocycles. The van der Waals surface area contributed by atoms with Crippen LogP contribution in [0.25, 0.3) is 0 Å². The van der Waals surface area contributed by atoms with Crippen LogP contribution in [0.15, 0.2) is 30.3 Å². The van der Waals surface area contributed by atoms with Gasteiger partial charge in [0.05, 0.1) is 17.3 Å². The Balaban J connectivity index is 2.12. The van der Waals surface area contributed by atoms with Crippen molar-refractivity contribution in [3.8, 4) is 0 Å². The summed E-state index contributed by atoms with van der Waals surface area (Å²) in [7, 11) is -5.10. The SMILES string of the molecule is CN([C@H]1CCS(=O)(=O)C1)S(=O)(=O)Cc1ccccc1. The first-order valence-corrected chi connectivity index (χ1v) is 9.43. The maximum atomic E-state index is 12.2. The molecular formula is C12H17NO4S2. The van der Waals surface area contributed by atoms with Gasteiger partial charge < -0.3 is 0 Å². The molecule has 1 aromatic rings. The molecule has 1 aliphatic rings. The predicted molar refractivity (Wildman–Crippen MR) is 73.9 cm³/mol. The third kappa shape index (κ3) is 3.55. The minimum absolute atomic E-state index is 0.0719.